The molecule has 0 bridgehead atoms. The summed E-state index contributed by atoms with van der Waals surface area (Å²) in [5.41, 5.74) is 6.46. The molecule has 1 N–H and O–H groups in total. The Kier molecular flexibility index (Phi) is 5.04. The van der Waals surface area contributed by atoms with E-state index in [1.807, 2.05) is 53.4 Å². The Hall–Kier alpha value is -3.79. The van der Waals surface area contributed by atoms with E-state index >= 15 is 0 Å². The van der Waals surface area contributed by atoms with E-state index in [2.05, 4.69) is 65.5 Å². The molecule has 0 saturated carbocycles. The van der Waals surface area contributed by atoms with Gasteiger partial charge in [-0.25, -0.2) is 4.79 Å². The van der Waals surface area contributed by atoms with Crippen LogP contribution in [0.1, 0.15) is 35.3 Å². The molecule has 154 valence electrons. The lowest BCUT2D eigenvalue weighted by atomic mass is 10.0. The van der Waals surface area contributed by atoms with E-state index in [0.29, 0.717) is 6.54 Å². The molecule has 1 atom stereocenters. The molecule has 0 aliphatic carbocycles. The van der Waals surface area contributed by atoms with Gasteiger partial charge in [-0.3, -0.25) is 0 Å². The van der Waals surface area contributed by atoms with E-state index in [4.69, 9.17) is 0 Å². The molecule has 5 rings (SSSR count). The summed E-state index contributed by atoms with van der Waals surface area (Å²) in [4.78, 5) is 15.5. The van der Waals surface area contributed by atoms with Crippen LogP contribution in [0.3, 0.4) is 0 Å². The molecule has 0 unspecified atom stereocenters. The lowest BCUT2D eigenvalue weighted by molar-refractivity contribution is 0.194. The summed E-state index contributed by atoms with van der Waals surface area (Å²) in [5, 5.41) is 3.12. The van der Waals surface area contributed by atoms with Gasteiger partial charge in [0.25, 0.3) is 0 Å². The molecule has 1 aliphatic rings. The molecule has 4 nitrogen and oxygen atoms in total. The van der Waals surface area contributed by atoms with E-state index in [-0.39, 0.29) is 12.1 Å². The number of rotatable bonds is 3. The molecule has 2 heterocycles. The van der Waals surface area contributed by atoms with Crippen LogP contribution in [0.5, 0.6) is 0 Å². The number of nitrogens with one attached hydrogen (secondary N) is 1. The van der Waals surface area contributed by atoms with E-state index in [1.54, 1.807) is 0 Å². The lowest BCUT2D eigenvalue weighted by Gasteiger charge is -2.31. The quantitative estimate of drug-likeness (QED) is 0.433. The zero-order valence-corrected chi connectivity index (χ0v) is 17.5. The Bertz CT molecular complexity index is 1190. The molecule has 3 aromatic carbocycles. The summed E-state index contributed by atoms with van der Waals surface area (Å²) in [7, 11) is 0. The van der Waals surface area contributed by atoms with Gasteiger partial charge in [0, 0.05) is 17.6 Å². The maximum absolute atomic E-state index is 13.6. The molecule has 4 heteroatoms. The van der Waals surface area contributed by atoms with Crippen molar-refractivity contribution < 1.29 is 4.79 Å². The monoisotopic (exact) mass is 407 g/mol. The number of aryl methyl sites for hydroxylation is 1. The minimum Gasteiger partial charge on any atom is -0.318 e. The smallest absolute Gasteiger partial charge is 0.318 e. The molecule has 1 aliphatic heterocycles. The third kappa shape index (κ3) is 3.61. The number of benzene rings is 3. The molecule has 31 heavy (non-hydrogen) atoms. The predicted octanol–water partition coefficient (Wildman–Crippen LogP) is 6.18. The topological polar surface area (TPSA) is 37.3 Å². The Balaban J connectivity index is 1.58. The Labute approximate surface area is 182 Å². The van der Waals surface area contributed by atoms with Crippen LogP contribution < -0.4 is 5.32 Å². The van der Waals surface area contributed by atoms with Crippen LogP contribution in [0.15, 0.2) is 97.2 Å². The number of hydrogen-bond donors (Lipinski definition) is 1. The number of carbonyl (C=O) groups is 1. The number of urea groups is 1. The number of hydrogen-bond acceptors (Lipinski definition) is 1. The first-order valence-corrected chi connectivity index (χ1v) is 10.7. The number of anilines is 1. The molecule has 1 aromatic heterocycles. The molecule has 0 radical (unpaired) electrons. The van der Waals surface area contributed by atoms with Crippen molar-refractivity contribution in [2.24, 2.45) is 0 Å². The first-order chi connectivity index (χ1) is 15.2. The van der Waals surface area contributed by atoms with Gasteiger partial charge in [-0.1, -0.05) is 67.6 Å². The average molecular weight is 408 g/mol. The fourth-order valence-corrected chi connectivity index (χ4v) is 4.34. The third-order valence-electron chi connectivity index (χ3n) is 5.95. The summed E-state index contributed by atoms with van der Waals surface area (Å²) in [6.45, 7) is 2.65. The second kappa shape index (κ2) is 8.15. The highest BCUT2D eigenvalue weighted by molar-refractivity contribution is 5.90. The van der Waals surface area contributed by atoms with Crippen molar-refractivity contribution in [3.63, 3.8) is 0 Å². The van der Waals surface area contributed by atoms with Crippen molar-refractivity contribution in [3.05, 3.63) is 120 Å². The molecular formula is C27H25N3O. The molecular weight excluding hydrogens is 382 g/mol. The SMILES string of the molecule is CCc1ccc(NC(=O)N2Cc3ccccc3-n3cccc3[C@H]2c2ccccc2)cc1. The fraction of sp³-hybridized carbons (Fsp3) is 0.148. The van der Waals surface area contributed by atoms with Crippen LogP contribution in [-0.4, -0.2) is 15.5 Å². The van der Waals surface area contributed by atoms with E-state index in [9.17, 15) is 4.79 Å². The first kappa shape index (κ1) is 19.2. The predicted molar refractivity (Wildman–Crippen MR) is 124 cm³/mol. The summed E-state index contributed by atoms with van der Waals surface area (Å²) in [6.07, 6.45) is 3.05. The highest BCUT2D eigenvalue weighted by Crippen LogP contribution is 2.36. The van der Waals surface area contributed by atoms with Gasteiger partial charge >= 0.3 is 6.03 Å². The fourth-order valence-electron chi connectivity index (χ4n) is 4.34. The van der Waals surface area contributed by atoms with Gasteiger partial charge in [0.1, 0.15) is 0 Å². The minimum atomic E-state index is -0.196. The average Bonchev–Trinajstić information content (AvgIpc) is 3.24. The van der Waals surface area contributed by atoms with Crippen LogP contribution >= 0.6 is 0 Å². The molecule has 0 spiro atoms. The zero-order valence-electron chi connectivity index (χ0n) is 17.5. The van der Waals surface area contributed by atoms with Crippen LogP contribution in [0, 0.1) is 0 Å². The summed E-state index contributed by atoms with van der Waals surface area (Å²) >= 11 is 0. The van der Waals surface area contributed by atoms with Crippen molar-refractivity contribution in [3.8, 4) is 5.69 Å². The Morgan fingerprint density at radius 3 is 2.42 bits per heavy atom. The van der Waals surface area contributed by atoms with Gasteiger partial charge in [0.2, 0.25) is 0 Å². The molecule has 0 fully saturated rings. The number of para-hydroxylation sites is 1. The second-order valence-corrected chi connectivity index (χ2v) is 7.85. The van der Waals surface area contributed by atoms with Crippen molar-refractivity contribution in [2.75, 3.05) is 5.32 Å². The van der Waals surface area contributed by atoms with Crippen molar-refractivity contribution in [2.45, 2.75) is 25.9 Å². The van der Waals surface area contributed by atoms with Crippen molar-refractivity contribution >= 4 is 11.7 Å². The normalized spacial score (nSPS) is 15.0. The Morgan fingerprint density at radius 1 is 0.903 bits per heavy atom. The van der Waals surface area contributed by atoms with Gasteiger partial charge in [0.05, 0.1) is 18.3 Å². The standard InChI is InChI=1S/C27H25N3O/c1-2-20-14-16-23(17-15-20)28-27(31)30-19-22-11-6-7-12-24(22)29-18-8-13-25(29)26(30)21-9-4-3-5-10-21/h3-18,26H,2,19H2,1H3,(H,28,31)/t26-/m1/s1. The van der Waals surface area contributed by atoms with Crippen molar-refractivity contribution in [1.29, 1.82) is 0 Å². The highest BCUT2D eigenvalue weighted by atomic mass is 16.2. The number of amides is 2. The van der Waals surface area contributed by atoms with Gasteiger partial charge in [-0.2, -0.15) is 0 Å². The van der Waals surface area contributed by atoms with Gasteiger partial charge < -0.3 is 14.8 Å². The third-order valence-corrected chi connectivity index (χ3v) is 5.95. The maximum Gasteiger partial charge on any atom is 0.322 e. The minimum absolute atomic E-state index is 0.109. The first-order valence-electron chi connectivity index (χ1n) is 10.7. The molecule has 4 aromatic rings. The number of nitrogens with zero attached hydrogens (tertiary/aromatic N) is 2. The number of aromatic nitrogens is 1. The maximum atomic E-state index is 13.6. The molecule has 2 amide bonds. The molecule has 0 saturated heterocycles. The second-order valence-electron chi connectivity index (χ2n) is 7.85. The lowest BCUT2D eigenvalue weighted by Crippen LogP contribution is -2.37. The summed E-state index contributed by atoms with van der Waals surface area (Å²) in [6, 6.07) is 30.5. The van der Waals surface area contributed by atoms with Crippen LogP contribution in [-0.2, 0) is 13.0 Å². The number of fused-ring (bicyclic) bond motifs is 3. The Morgan fingerprint density at radius 2 is 1.65 bits per heavy atom. The van der Waals surface area contributed by atoms with E-state index in [1.165, 1.54) is 5.56 Å². The number of carbonyl (C=O) groups excluding carboxylic acids is 1. The summed E-state index contributed by atoms with van der Waals surface area (Å²) in [5.74, 6) is 0. The van der Waals surface area contributed by atoms with Gasteiger partial charge in [-0.15, -0.1) is 0 Å². The zero-order chi connectivity index (χ0) is 21.2. The van der Waals surface area contributed by atoms with Gasteiger partial charge in [0.15, 0.2) is 0 Å². The van der Waals surface area contributed by atoms with E-state index < -0.39 is 0 Å². The van der Waals surface area contributed by atoms with Crippen LogP contribution in [0.2, 0.25) is 0 Å². The highest BCUT2D eigenvalue weighted by Gasteiger charge is 2.32. The van der Waals surface area contributed by atoms with Crippen molar-refractivity contribution in [1.82, 2.24) is 9.47 Å². The summed E-state index contributed by atoms with van der Waals surface area (Å²) < 4.78 is 2.20. The van der Waals surface area contributed by atoms with E-state index in [0.717, 1.165) is 34.6 Å². The largest absolute Gasteiger partial charge is 0.322 e. The van der Waals surface area contributed by atoms with Crippen LogP contribution in [0.25, 0.3) is 5.69 Å². The van der Waals surface area contributed by atoms with Gasteiger partial charge in [-0.05, 0) is 53.4 Å². The van der Waals surface area contributed by atoms with Crippen LogP contribution in [0.4, 0.5) is 10.5 Å².